The molecule has 1 radical (unpaired) electrons. The van der Waals surface area contributed by atoms with Crippen LogP contribution in [0.5, 0.6) is 0 Å². The van der Waals surface area contributed by atoms with Crippen molar-refractivity contribution in [2.45, 2.75) is 56.8 Å². The molecule has 0 fully saturated rings. The zero-order valence-corrected chi connectivity index (χ0v) is 33.3. The molecule has 0 atom stereocenters. The second-order valence-corrected chi connectivity index (χ2v) is 24.4. The van der Waals surface area contributed by atoms with Gasteiger partial charge in [-0.15, -0.1) is 12.1 Å². The molecule has 48 heavy (non-hydrogen) atoms. The van der Waals surface area contributed by atoms with Crippen molar-refractivity contribution in [3.05, 3.63) is 139 Å². The number of rotatable bonds is 6. The van der Waals surface area contributed by atoms with Crippen LogP contribution in [0.2, 0.25) is 17.3 Å². The molecule has 0 spiro atoms. The second-order valence-electron chi connectivity index (χ2n) is 13.7. The van der Waals surface area contributed by atoms with Gasteiger partial charge in [-0.25, -0.2) is 0 Å². The van der Waals surface area contributed by atoms with Crippen LogP contribution in [0.4, 0.5) is 0 Å². The SMILES string of the molecule is CC(C)c1ccnc(-c2[c-]cc(-c3ccccc3)c3c2oc2c(C(C)C)cccc23)c1.[CH3][Ge]([CH3])([CH3])[c]1ccc(-c2[c-]cccc2)nc1.[Ir]. The third kappa shape index (κ3) is 7.57. The molecule has 0 bridgehead atoms. The minimum atomic E-state index is -1.72. The maximum absolute atomic E-state index is 6.62. The number of benzene rings is 4. The molecule has 0 saturated carbocycles. The van der Waals surface area contributed by atoms with E-state index < -0.39 is 13.3 Å². The quantitative estimate of drug-likeness (QED) is 0.123. The number of aromatic nitrogens is 2. The van der Waals surface area contributed by atoms with Crippen LogP contribution >= 0.6 is 0 Å². The predicted octanol–water partition coefficient (Wildman–Crippen LogP) is 11.5. The molecule has 0 aliphatic carbocycles. The van der Waals surface area contributed by atoms with Gasteiger partial charge in [-0.2, -0.15) is 0 Å². The Morgan fingerprint density at radius 2 is 1.48 bits per heavy atom. The summed E-state index contributed by atoms with van der Waals surface area (Å²) in [6.45, 7) is 8.82. The Balaban J connectivity index is 0.000000224. The molecule has 3 heterocycles. The summed E-state index contributed by atoms with van der Waals surface area (Å²) in [6, 6.07) is 42.3. The van der Waals surface area contributed by atoms with Gasteiger partial charge in [-0.05, 0) is 34.5 Å². The first kappa shape index (κ1) is 35.5. The molecule has 3 nitrogen and oxygen atoms in total. The fourth-order valence-corrected chi connectivity index (χ4v) is 8.02. The summed E-state index contributed by atoms with van der Waals surface area (Å²) in [5, 5.41) is 2.28. The van der Waals surface area contributed by atoms with E-state index in [-0.39, 0.29) is 20.1 Å². The van der Waals surface area contributed by atoms with Crippen molar-refractivity contribution >= 4 is 39.6 Å². The smallest absolute Gasteiger partial charge is 0 e. The van der Waals surface area contributed by atoms with E-state index >= 15 is 0 Å². The molecule has 0 aliphatic heterocycles. The molecule has 3 aromatic heterocycles. The van der Waals surface area contributed by atoms with E-state index in [0.29, 0.717) is 11.8 Å². The fourth-order valence-electron chi connectivity index (χ4n) is 5.85. The first-order valence-corrected chi connectivity index (χ1v) is 23.8. The molecule has 7 aromatic rings. The summed E-state index contributed by atoms with van der Waals surface area (Å²) in [7, 11) is 0. The first-order chi connectivity index (χ1) is 22.6. The van der Waals surface area contributed by atoms with Crippen LogP contribution in [0.1, 0.15) is 50.7 Å². The summed E-state index contributed by atoms with van der Waals surface area (Å²) in [5.74, 6) is 7.95. The summed E-state index contributed by atoms with van der Waals surface area (Å²) >= 11 is -1.72. The number of pyridine rings is 2. The molecular formula is C43H42GeIrN2O-2. The van der Waals surface area contributed by atoms with Gasteiger partial charge in [0.1, 0.15) is 5.58 Å². The van der Waals surface area contributed by atoms with E-state index in [1.807, 2.05) is 42.7 Å². The molecular weight excluding hydrogens is 825 g/mol. The van der Waals surface area contributed by atoms with Gasteiger partial charge in [0.25, 0.3) is 0 Å². The third-order valence-electron chi connectivity index (χ3n) is 8.63. The van der Waals surface area contributed by atoms with E-state index in [1.165, 1.54) is 15.5 Å². The number of hydrogen-bond acceptors (Lipinski definition) is 3. The Bertz CT molecular complexity index is 2110. The van der Waals surface area contributed by atoms with Crippen LogP contribution < -0.4 is 4.40 Å². The van der Waals surface area contributed by atoms with Crippen LogP contribution in [0.3, 0.4) is 0 Å². The summed E-state index contributed by atoms with van der Waals surface area (Å²) in [6.07, 6.45) is 3.92. The number of hydrogen-bond donors (Lipinski definition) is 0. The van der Waals surface area contributed by atoms with E-state index in [0.717, 1.165) is 55.6 Å². The fraction of sp³-hybridized carbons (Fsp3) is 0.209. The minimum absolute atomic E-state index is 0. The molecule has 0 amide bonds. The molecule has 245 valence electrons. The van der Waals surface area contributed by atoms with E-state index in [2.05, 4.69) is 140 Å². The van der Waals surface area contributed by atoms with Crippen molar-refractivity contribution in [1.82, 2.24) is 9.97 Å². The number of furan rings is 1. The van der Waals surface area contributed by atoms with Crippen LogP contribution in [0.15, 0.2) is 120 Å². The van der Waals surface area contributed by atoms with Crippen molar-refractivity contribution in [1.29, 1.82) is 0 Å². The second kappa shape index (κ2) is 15.2. The molecule has 0 aliphatic rings. The van der Waals surface area contributed by atoms with Gasteiger partial charge in [-0.3, -0.25) is 0 Å². The monoisotopic (exact) mass is 869 g/mol. The van der Waals surface area contributed by atoms with Crippen molar-refractivity contribution in [3.8, 4) is 33.6 Å². The Hall–Kier alpha value is -3.83. The third-order valence-corrected chi connectivity index (χ3v) is 12.9. The summed E-state index contributed by atoms with van der Waals surface area (Å²) in [5.41, 5.74) is 10.5. The van der Waals surface area contributed by atoms with E-state index in [1.54, 1.807) is 0 Å². The Morgan fingerprint density at radius 1 is 0.708 bits per heavy atom. The summed E-state index contributed by atoms with van der Waals surface area (Å²) < 4.78 is 8.07. The summed E-state index contributed by atoms with van der Waals surface area (Å²) in [4.78, 5) is 9.21. The topological polar surface area (TPSA) is 38.9 Å². The van der Waals surface area contributed by atoms with Gasteiger partial charge in [0.15, 0.2) is 0 Å². The van der Waals surface area contributed by atoms with Crippen LogP contribution in [0.25, 0.3) is 55.6 Å². The van der Waals surface area contributed by atoms with Crippen molar-refractivity contribution < 1.29 is 24.5 Å². The molecule has 0 saturated heterocycles. The van der Waals surface area contributed by atoms with Gasteiger partial charge >= 0.3 is 99.8 Å². The van der Waals surface area contributed by atoms with E-state index in [4.69, 9.17) is 4.42 Å². The van der Waals surface area contributed by atoms with Gasteiger partial charge in [0.05, 0.1) is 5.58 Å². The predicted molar refractivity (Wildman–Crippen MR) is 201 cm³/mol. The van der Waals surface area contributed by atoms with Crippen molar-refractivity contribution in [2.24, 2.45) is 0 Å². The maximum atomic E-state index is 6.62. The Labute approximate surface area is 301 Å². The zero-order chi connectivity index (χ0) is 33.1. The normalized spacial score (nSPS) is 11.4. The van der Waals surface area contributed by atoms with E-state index in [9.17, 15) is 0 Å². The van der Waals surface area contributed by atoms with Gasteiger partial charge in [0.2, 0.25) is 0 Å². The minimum Gasteiger partial charge on any atom is 0 e. The van der Waals surface area contributed by atoms with Gasteiger partial charge in [0, 0.05) is 31.7 Å². The van der Waals surface area contributed by atoms with Crippen LogP contribution in [0, 0.1) is 12.1 Å². The molecule has 5 heteroatoms. The molecule has 0 N–H and O–H groups in total. The van der Waals surface area contributed by atoms with Crippen molar-refractivity contribution in [2.75, 3.05) is 0 Å². The molecule has 0 unspecified atom stereocenters. The van der Waals surface area contributed by atoms with Crippen molar-refractivity contribution in [3.63, 3.8) is 0 Å². The number of para-hydroxylation sites is 1. The zero-order valence-electron chi connectivity index (χ0n) is 28.8. The van der Waals surface area contributed by atoms with Crippen LogP contribution in [-0.4, -0.2) is 23.2 Å². The maximum Gasteiger partial charge on any atom is 0 e. The average Bonchev–Trinajstić information content (AvgIpc) is 3.48. The number of nitrogens with zero attached hydrogens (tertiary/aromatic N) is 2. The van der Waals surface area contributed by atoms with Crippen LogP contribution in [-0.2, 0) is 20.1 Å². The largest absolute Gasteiger partial charge is 0 e. The molecule has 4 aromatic carbocycles. The first-order valence-electron chi connectivity index (χ1n) is 16.5. The molecule has 7 rings (SSSR count). The van der Waals surface area contributed by atoms with Gasteiger partial charge in [-0.1, -0.05) is 105 Å². The Kier molecular flexibility index (Phi) is 11.2. The standard InChI is InChI=1S/C29H26NO.C14H16GeN.Ir/c1-18(2)21-15-16-30-26(17-21)24-14-13-23(20-9-6-5-7-10-20)27-25-12-8-11-22(19(3)4)28(25)31-29(24)27;1-15(2,3)13-9-10-14(16-11-13)12-7-5-4-6-8-12;/h5-13,15-19H,1-4H3;4-7,9-11H,1-3H3;/q2*-1;. The number of fused-ring (bicyclic) bond motifs is 3. The van der Waals surface area contributed by atoms with Gasteiger partial charge < -0.3 is 9.40 Å². The Morgan fingerprint density at radius 3 is 2.12 bits per heavy atom. The average molecular weight is 868 g/mol.